The number of carbonyl (C=O) groups excluding carboxylic acids is 1. The minimum atomic E-state index is 0.0404. The molecule has 1 amide bonds. The predicted octanol–water partition coefficient (Wildman–Crippen LogP) is 0.756. The lowest BCUT2D eigenvalue weighted by Crippen LogP contribution is -2.43. The maximum absolute atomic E-state index is 11.8. The smallest absolute Gasteiger partial charge is 0.224 e. The largest absolute Gasteiger partial charge is 0.394 e. The Bertz CT molecular complexity index is 468. The van der Waals surface area contributed by atoms with Crippen LogP contribution in [0.25, 0.3) is 0 Å². The van der Waals surface area contributed by atoms with Gasteiger partial charge in [-0.3, -0.25) is 4.79 Å². The summed E-state index contributed by atoms with van der Waals surface area (Å²) in [5, 5.41) is 7.18. The van der Waals surface area contributed by atoms with Crippen molar-refractivity contribution in [2.24, 2.45) is 5.92 Å². The van der Waals surface area contributed by atoms with Crippen molar-refractivity contribution in [3.8, 4) is 0 Å². The van der Waals surface area contributed by atoms with Crippen LogP contribution in [0.4, 0.5) is 11.5 Å². The maximum Gasteiger partial charge on any atom is 0.224 e. The quantitative estimate of drug-likeness (QED) is 0.846. The van der Waals surface area contributed by atoms with Gasteiger partial charge in [0.1, 0.15) is 0 Å². The van der Waals surface area contributed by atoms with E-state index in [0.29, 0.717) is 0 Å². The highest BCUT2D eigenvalue weighted by Gasteiger charge is 2.28. The topological polar surface area (TPSA) is 76.2 Å². The lowest BCUT2D eigenvalue weighted by atomic mass is 9.97. The van der Waals surface area contributed by atoms with Crippen molar-refractivity contribution in [1.82, 2.24) is 15.1 Å². The van der Waals surface area contributed by atoms with Gasteiger partial charge in [0.05, 0.1) is 17.3 Å². The van der Waals surface area contributed by atoms with E-state index in [1.807, 2.05) is 11.6 Å². The second kappa shape index (κ2) is 5.50. The molecule has 6 nitrogen and oxygen atoms in total. The van der Waals surface area contributed by atoms with Gasteiger partial charge in [0.15, 0.2) is 5.82 Å². The Labute approximate surface area is 113 Å². The number of rotatable bonds is 3. The Kier molecular flexibility index (Phi) is 3.97. The summed E-state index contributed by atoms with van der Waals surface area (Å²) >= 11 is 0. The molecule has 0 aliphatic carbocycles. The van der Waals surface area contributed by atoms with E-state index in [2.05, 4.69) is 22.2 Å². The molecule has 6 heteroatoms. The molecule has 2 heterocycles. The van der Waals surface area contributed by atoms with Crippen molar-refractivity contribution in [3.05, 3.63) is 5.69 Å². The van der Waals surface area contributed by atoms with Crippen LogP contribution in [-0.4, -0.2) is 35.8 Å². The fraction of sp³-hybridized carbons (Fsp3) is 0.692. The van der Waals surface area contributed by atoms with E-state index in [4.69, 9.17) is 5.73 Å². The third kappa shape index (κ3) is 2.52. The molecule has 0 aromatic carbocycles. The molecule has 2 rings (SSSR count). The highest BCUT2D eigenvalue weighted by atomic mass is 16.1. The minimum absolute atomic E-state index is 0.0404. The van der Waals surface area contributed by atoms with Gasteiger partial charge in [-0.15, -0.1) is 0 Å². The Hall–Kier alpha value is -1.72. The van der Waals surface area contributed by atoms with Crippen LogP contribution in [0.2, 0.25) is 0 Å². The second-order valence-electron chi connectivity index (χ2n) is 5.04. The summed E-state index contributed by atoms with van der Waals surface area (Å²) in [6.07, 6.45) is 1.95. The van der Waals surface area contributed by atoms with Gasteiger partial charge in [-0.05, 0) is 26.7 Å². The first-order valence-corrected chi connectivity index (χ1v) is 6.87. The minimum Gasteiger partial charge on any atom is -0.394 e. The van der Waals surface area contributed by atoms with E-state index in [9.17, 15) is 4.79 Å². The number of nitrogens with two attached hydrogens (primary N) is 1. The molecule has 1 aliphatic heterocycles. The molecule has 0 radical (unpaired) electrons. The zero-order chi connectivity index (χ0) is 14.0. The van der Waals surface area contributed by atoms with Crippen LogP contribution in [-0.2, 0) is 11.3 Å². The first-order valence-electron chi connectivity index (χ1n) is 6.87. The van der Waals surface area contributed by atoms with Gasteiger partial charge in [-0.2, -0.15) is 5.10 Å². The average molecular weight is 265 g/mol. The molecule has 1 atom stereocenters. The Morgan fingerprint density at radius 3 is 2.95 bits per heavy atom. The van der Waals surface area contributed by atoms with E-state index < -0.39 is 0 Å². The first-order chi connectivity index (χ1) is 9.08. The third-order valence-corrected chi connectivity index (χ3v) is 3.78. The van der Waals surface area contributed by atoms with Gasteiger partial charge in [-0.25, -0.2) is 4.68 Å². The Morgan fingerprint density at radius 1 is 1.58 bits per heavy atom. The summed E-state index contributed by atoms with van der Waals surface area (Å²) in [6, 6.07) is 0. The molecular weight excluding hydrogens is 242 g/mol. The van der Waals surface area contributed by atoms with E-state index in [1.165, 1.54) is 0 Å². The van der Waals surface area contributed by atoms with Crippen LogP contribution >= 0.6 is 0 Å². The monoisotopic (exact) mass is 265 g/mol. The number of amides is 1. The third-order valence-electron chi connectivity index (χ3n) is 3.78. The molecule has 0 saturated carbocycles. The van der Waals surface area contributed by atoms with Crippen LogP contribution in [0.15, 0.2) is 0 Å². The number of anilines is 2. The molecule has 1 fully saturated rings. The van der Waals surface area contributed by atoms with Crippen LogP contribution in [0.3, 0.4) is 0 Å². The van der Waals surface area contributed by atoms with Gasteiger partial charge < -0.3 is 16.0 Å². The van der Waals surface area contributed by atoms with E-state index >= 15 is 0 Å². The van der Waals surface area contributed by atoms with Crippen molar-refractivity contribution in [3.63, 3.8) is 0 Å². The van der Waals surface area contributed by atoms with Crippen molar-refractivity contribution in [2.45, 2.75) is 33.2 Å². The number of nitrogens with one attached hydrogen (secondary N) is 1. The molecule has 1 saturated heterocycles. The van der Waals surface area contributed by atoms with Crippen molar-refractivity contribution in [1.29, 1.82) is 0 Å². The van der Waals surface area contributed by atoms with Gasteiger partial charge in [-0.1, -0.05) is 0 Å². The molecule has 1 aromatic rings. The van der Waals surface area contributed by atoms with Gasteiger partial charge >= 0.3 is 0 Å². The number of hydrogen-bond acceptors (Lipinski definition) is 4. The van der Waals surface area contributed by atoms with Crippen molar-refractivity contribution in [2.75, 3.05) is 30.8 Å². The Balaban J connectivity index is 2.24. The summed E-state index contributed by atoms with van der Waals surface area (Å²) < 4.78 is 1.93. The summed E-state index contributed by atoms with van der Waals surface area (Å²) in [5.74, 6) is 1.12. The first kappa shape index (κ1) is 13.7. The number of hydrogen-bond donors (Lipinski definition) is 2. The molecule has 1 aliphatic rings. The lowest BCUT2D eigenvalue weighted by Gasteiger charge is -2.33. The molecular formula is C13H23N5O. The predicted molar refractivity (Wildman–Crippen MR) is 76.1 cm³/mol. The van der Waals surface area contributed by atoms with Crippen LogP contribution in [0.1, 0.15) is 25.5 Å². The number of aryl methyl sites for hydroxylation is 2. The zero-order valence-electron chi connectivity index (χ0n) is 11.9. The SMILES string of the molecule is CCn1nc(C)c(N)c1N1CCCC(C(=O)NC)C1. The summed E-state index contributed by atoms with van der Waals surface area (Å²) in [4.78, 5) is 14.0. The standard InChI is InChI=1S/C13H23N5O/c1-4-18-13(11(14)9(2)16-18)17-7-5-6-10(8-17)12(19)15-3/h10H,4-8,14H2,1-3H3,(H,15,19). The summed E-state index contributed by atoms with van der Waals surface area (Å²) in [5.41, 5.74) is 7.73. The second-order valence-corrected chi connectivity index (χ2v) is 5.04. The van der Waals surface area contributed by atoms with Crippen LogP contribution < -0.4 is 16.0 Å². The summed E-state index contributed by atoms with van der Waals surface area (Å²) in [7, 11) is 1.69. The van der Waals surface area contributed by atoms with Gasteiger partial charge in [0.2, 0.25) is 5.91 Å². The number of carbonyl (C=O) groups is 1. The van der Waals surface area contributed by atoms with E-state index in [0.717, 1.165) is 49.7 Å². The fourth-order valence-electron chi connectivity index (χ4n) is 2.72. The molecule has 1 unspecified atom stereocenters. The molecule has 106 valence electrons. The normalized spacial score (nSPS) is 19.5. The van der Waals surface area contributed by atoms with Crippen LogP contribution in [0.5, 0.6) is 0 Å². The van der Waals surface area contributed by atoms with E-state index in [1.54, 1.807) is 7.05 Å². The maximum atomic E-state index is 11.8. The highest BCUT2D eigenvalue weighted by Crippen LogP contribution is 2.30. The molecule has 1 aromatic heterocycles. The van der Waals surface area contributed by atoms with Gasteiger partial charge in [0, 0.05) is 26.7 Å². The lowest BCUT2D eigenvalue weighted by molar-refractivity contribution is -0.124. The van der Waals surface area contributed by atoms with Crippen LogP contribution in [0, 0.1) is 12.8 Å². The van der Waals surface area contributed by atoms with E-state index in [-0.39, 0.29) is 11.8 Å². The van der Waals surface area contributed by atoms with Gasteiger partial charge in [0.25, 0.3) is 0 Å². The summed E-state index contributed by atoms with van der Waals surface area (Å²) in [6.45, 7) is 6.41. The average Bonchev–Trinajstić information content (AvgIpc) is 2.73. The zero-order valence-corrected chi connectivity index (χ0v) is 11.9. The number of aromatic nitrogens is 2. The van der Waals surface area contributed by atoms with Crippen molar-refractivity contribution < 1.29 is 4.79 Å². The molecule has 19 heavy (non-hydrogen) atoms. The fourth-order valence-corrected chi connectivity index (χ4v) is 2.72. The number of nitrogen functional groups attached to an aromatic ring is 1. The molecule has 3 N–H and O–H groups in total. The van der Waals surface area contributed by atoms with Crippen molar-refractivity contribution >= 4 is 17.4 Å². The number of nitrogens with zero attached hydrogens (tertiary/aromatic N) is 3. The molecule has 0 bridgehead atoms. The molecule has 0 spiro atoms. The Morgan fingerprint density at radius 2 is 2.32 bits per heavy atom. The number of piperidine rings is 1. The highest BCUT2D eigenvalue weighted by molar-refractivity contribution is 5.79.